The average molecular weight is 224 g/mol. The van der Waals surface area contributed by atoms with Crippen molar-refractivity contribution in [3.8, 4) is 0 Å². The normalized spacial score (nSPS) is 20.8. The molecule has 2 N–H and O–H groups in total. The molecule has 1 aliphatic heterocycles. The number of aromatic nitrogens is 4. The number of urea groups is 1. The molecule has 88 valence electrons. The molecule has 2 amide bonds. The maximum atomic E-state index is 11.8. The highest BCUT2D eigenvalue weighted by molar-refractivity contribution is 5.74. The highest BCUT2D eigenvalue weighted by atomic mass is 16.2. The van der Waals surface area contributed by atoms with Crippen LogP contribution in [0.2, 0.25) is 0 Å². The van der Waals surface area contributed by atoms with Gasteiger partial charge in [-0.1, -0.05) is 12.1 Å². The first-order chi connectivity index (χ1) is 7.75. The molecular formula is C9H16N6O. The summed E-state index contributed by atoms with van der Waals surface area (Å²) in [6, 6.07) is -0.0450. The van der Waals surface area contributed by atoms with Gasteiger partial charge in [0.05, 0.1) is 6.54 Å². The van der Waals surface area contributed by atoms with Crippen LogP contribution in [0.3, 0.4) is 0 Å². The number of likely N-dealkylation sites (tertiary alicyclic amines) is 1. The molecule has 1 aromatic heterocycles. The SMILES string of the molecule is CC1CCCN(C(=O)NCc2nn[nH]n2)C1. The number of rotatable bonds is 2. The third kappa shape index (κ3) is 2.68. The number of hydrogen-bond acceptors (Lipinski definition) is 4. The largest absolute Gasteiger partial charge is 0.331 e. The molecule has 0 bridgehead atoms. The minimum Gasteiger partial charge on any atom is -0.331 e. The Morgan fingerprint density at radius 2 is 2.56 bits per heavy atom. The topological polar surface area (TPSA) is 86.8 Å². The van der Waals surface area contributed by atoms with Crippen molar-refractivity contribution >= 4 is 6.03 Å². The van der Waals surface area contributed by atoms with E-state index in [0.29, 0.717) is 18.3 Å². The smallest absolute Gasteiger partial charge is 0.317 e. The number of tetrazole rings is 1. The average Bonchev–Trinajstić information content (AvgIpc) is 2.78. The highest BCUT2D eigenvalue weighted by Crippen LogP contribution is 2.15. The molecule has 1 aliphatic rings. The van der Waals surface area contributed by atoms with Gasteiger partial charge in [-0.25, -0.2) is 4.79 Å². The summed E-state index contributed by atoms with van der Waals surface area (Å²) in [6.45, 7) is 4.15. The van der Waals surface area contributed by atoms with Crippen molar-refractivity contribution in [3.63, 3.8) is 0 Å². The number of piperidine rings is 1. The molecule has 16 heavy (non-hydrogen) atoms. The second-order valence-corrected chi connectivity index (χ2v) is 4.18. The van der Waals surface area contributed by atoms with Crippen LogP contribution in [0, 0.1) is 5.92 Å². The molecule has 1 saturated heterocycles. The molecule has 0 saturated carbocycles. The minimum absolute atomic E-state index is 0.0450. The van der Waals surface area contributed by atoms with E-state index in [4.69, 9.17) is 0 Å². The first-order valence-electron chi connectivity index (χ1n) is 5.51. The summed E-state index contributed by atoms with van der Waals surface area (Å²) in [6.07, 6.45) is 2.28. The molecule has 1 aromatic rings. The summed E-state index contributed by atoms with van der Waals surface area (Å²) in [7, 11) is 0. The first kappa shape index (κ1) is 10.8. The molecule has 0 radical (unpaired) electrons. The summed E-state index contributed by atoms with van der Waals surface area (Å²) < 4.78 is 0. The third-order valence-corrected chi connectivity index (χ3v) is 2.73. The van der Waals surface area contributed by atoms with E-state index >= 15 is 0 Å². The Balaban J connectivity index is 1.79. The molecule has 1 fully saturated rings. The molecule has 0 aliphatic carbocycles. The van der Waals surface area contributed by atoms with E-state index < -0.39 is 0 Å². The number of hydrogen-bond donors (Lipinski definition) is 2. The van der Waals surface area contributed by atoms with Crippen molar-refractivity contribution in [3.05, 3.63) is 5.82 Å². The lowest BCUT2D eigenvalue weighted by atomic mass is 10.0. The van der Waals surface area contributed by atoms with Gasteiger partial charge in [0.2, 0.25) is 0 Å². The number of carbonyl (C=O) groups excluding carboxylic acids is 1. The third-order valence-electron chi connectivity index (χ3n) is 2.73. The van der Waals surface area contributed by atoms with E-state index in [1.165, 1.54) is 6.42 Å². The summed E-state index contributed by atoms with van der Waals surface area (Å²) in [5.74, 6) is 1.09. The molecule has 0 aromatic carbocycles. The van der Waals surface area contributed by atoms with Crippen LogP contribution in [0.1, 0.15) is 25.6 Å². The van der Waals surface area contributed by atoms with Crippen LogP contribution in [-0.2, 0) is 6.54 Å². The zero-order valence-corrected chi connectivity index (χ0v) is 9.31. The van der Waals surface area contributed by atoms with Crippen molar-refractivity contribution in [1.82, 2.24) is 30.8 Å². The minimum atomic E-state index is -0.0450. The van der Waals surface area contributed by atoms with Crippen molar-refractivity contribution in [2.24, 2.45) is 5.92 Å². The Kier molecular flexibility index (Phi) is 3.33. The van der Waals surface area contributed by atoms with E-state index in [1.54, 1.807) is 0 Å². The summed E-state index contributed by atoms with van der Waals surface area (Å²) in [5.41, 5.74) is 0. The van der Waals surface area contributed by atoms with Gasteiger partial charge < -0.3 is 10.2 Å². The molecule has 2 heterocycles. The van der Waals surface area contributed by atoms with Crippen LogP contribution in [0.4, 0.5) is 4.79 Å². The quantitative estimate of drug-likeness (QED) is 0.748. The standard InChI is InChI=1S/C9H16N6O/c1-7-3-2-4-15(6-7)9(16)10-5-8-11-13-14-12-8/h7H,2-6H2,1H3,(H,10,16)(H,11,12,13,14). The van der Waals surface area contributed by atoms with Crippen LogP contribution in [0.5, 0.6) is 0 Å². The van der Waals surface area contributed by atoms with E-state index in [1.807, 2.05) is 4.90 Å². The van der Waals surface area contributed by atoms with Gasteiger partial charge in [-0.05, 0) is 18.8 Å². The van der Waals surface area contributed by atoms with Crippen molar-refractivity contribution in [2.45, 2.75) is 26.3 Å². The van der Waals surface area contributed by atoms with Crippen LogP contribution in [-0.4, -0.2) is 44.6 Å². The van der Waals surface area contributed by atoms with E-state index in [-0.39, 0.29) is 6.03 Å². The lowest BCUT2D eigenvalue weighted by molar-refractivity contribution is 0.169. The van der Waals surface area contributed by atoms with Gasteiger partial charge >= 0.3 is 6.03 Å². The van der Waals surface area contributed by atoms with Crippen LogP contribution >= 0.6 is 0 Å². The van der Waals surface area contributed by atoms with E-state index in [9.17, 15) is 4.79 Å². The number of H-pyrrole nitrogens is 1. The van der Waals surface area contributed by atoms with Crippen LogP contribution in [0.25, 0.3) is 0 Å². The number of carbonyl (C=O) groups is 1. The Morgan fingerprint density at radius 3 is 3.25 bits per heavy atom. The van der Waals surface area contributed by atoms with Gasteiger partial charge in [-0.15, -0.1) is 10.2 Å². The fourth-order valence-corrected chi connectivity index (χ4v) is 1.90. The van der Waals surface area contributed by atoms with E-state index in [2.05, 4.69) is 32.9 Å². The zero-order valence-electron chi connectivity index (χ0n) is 9.31. The number of amides is 2. The molecule has 7 nitrogen and oxygen atoms in total. The van der Waals surface area contributed by atoms with Gasteiger partial charge in [-0.2, -0.15) is 5.21 Å². The van der Waals surface area contributed by atoms with Gasteiger partial charge in [0.1, 0.15) is 0 Å². The van der Waals surface area contributed by atoms with Crippen molar-refractivity contribution in [1.29, 1.82) is 0 Å². The maximum Gasteiger partial charge on any atom is 0.317 e. The Hall–Kier alpha value is -1.66. The second-order valence-electron chi connectivity index (χ2n) is 4.18. The van der Waals surface area contributed by atoms with Gasteiger partial charge in [-0.3, -0.25) is 0 Å². The number of nitrogens with zero attached hydrogens (tertiary/aromatic N) is 4. The fourth-order valence-electron chi connectivity index (χ4n) is 1.90. The number of aromatic amines is 1. The molecular weight excluding hydrogens is 208 g/mol. The van der Waals surface area contributed by atoms with Gasteiger partial charge in [0.25, 0.3) is 0 Å². The summed E-state index contributed by atoms with van der Waals surface area (Å²) in [5, 5.41) is 16.1. The Morgan fingerprint density at radius 1 is 1.69 bits per heavy atom. The zero-order chi connectivity index (χ0) is 11.4. The lowest BCUT2D eigenvalue weighted by Gasteiger charge is -2.30. The Bertz CT molecular complexity index is 338. The van der Waals surface area contributed by atoms with Crippen molar-refractivity contribution in [2.75, 3.05) is 13.1 Å². The van der Waals surface area contributed by atoms with E-state index in [0.717, 1.165) is 19.5 Å². The predicted octanol–water partition coefficient (Wildman–Crippen LogP) is 0.141. The van der Waals surface area contributed by atoms with Crippen LogP contribution in [0.15, 0.2) is 0 Å². The summed E-state index contributed by atoms with van der Waals surface area (Å²) in [4.78, 5) is 13.6. The molecule has 1 unspecified atom stereocenters. The van der Waals surface area contributed by atoms with Gasteiger partial charge in [0, 0.05) is 13.1 Å². The molecule has 1 atom stereocenters. The molecule has 2 rings (SSSR count). The fraction of sp³-hybridized carbons (Fsp3) is 0.778. The maximum absolute atomic E-state index is 11.8. The van der Waals surface area contributed by atoms with Crippen molar-refractivity contribution < 1.29 is 4.79 Å². The predicted molar refractivity (Wildman–Crippen MR) is 56.4 cm³/mol. The number of nitrogens with one attached hydrogen (secondary N) is 2. The summed E-state index contributed by atoms with van der Waals surface area (Å²) >= 11 is 0. The molecule has 7 heteroatoms. The second kappa shape index (κ2) is 4.91. The Labute approximate surface area is 93.6 Å². The lowest BCUT2D eigenvalue weighted by Crippen LogP contribution is -2.44. The molecule has 0 spiro atoms. The monoisotopic (exact) mass is 224 g/mol. The van der Waals surface area contributed by atoms with Crippen LogP contribution < -0.4 is 5.32 Å². The first-order valence-corrected chi connectivity index (χ1v) is 5.51. The highest BCUT2D eigenvalue weighted by Gasteiger charge is 2.20. The van der Waals surface area contributed by atoms with Gasteiger partial charge in [0.15, 0.2) is 5.82 Å².